The molecule has 0 atom stereocenters. The largest absolute Gasteiger partial charge is 0.277 e. The van der Waals surface area contributed by atoms with Crippen molar-refractivity contribution in [2.75, 3.05) is 9.44 Å². The molecule has 0 aliphatic rings. The van der Waals surface area contributed by atoms with Gasteiger partial charge in [-0.05, 0) is 53.2 Å². The Kier molecular flexibility index (Phi) is 5.53. The third-order valence-electron chi connectivity index (χ3n) is 4.97. The molecular formula is C23H15N3O4S4. The summed E-state index contributed by atoms with van der Waals surface area (Å²) in [6.45, 7) is 0. The monoisotopic (exact) mass is 525 g/mol. The van der Waals surface area contributed by atoms with Gasteiger partial charge in [-0.15, -0.1) is 22.7 Å². The summed E-state index contributed by atoms with van der Waals surface area (Å²) in [5, 5.41) is 10.9. The molecule has 170 valence electrons. The SMILES string of the molecule is N#Cc1ccc(NS(=O)(=O)c2cc3ccccc3s2)c(NS(=O)(=O)c2cc3ccccc3s2)c1. The zero-order valence-corrected chi connectivity index (χ0v) is 20.5. The quantitative estimate of drug-likeness (QED) is 0.300. The number of fused-ring (bicyclic) bond motifs is 2. The molecule has 2 N–H and O–H groups in total. The summed E-state index contributed by atoms with van der Waals surface area (Å²) >= 11 is 2.21. The summed E-state index contributed by atoms with van der Waals surface area (Å²) in [4.78, 5) is 0. The van der Waals surface area contributed by atoms with Gasteiger partial charge in [-0.3, -0.25) is 9.44 Å². The number of benzene rings is 3. The summed E-state index contributed by atoms with van der Waals surface area (Å²) in [5.41, 5.74) is 0.154. The molecule has 5 aromatic rings. The number of nitriles is 1. The summed E-state index contributed by atoms with van der Waals surface area (Å²) in [6.07, 6.45) is 0. The van der Waals surface area contributed by atoms with E-state index in [0.29, 0.717) is 0 Å². The van der Waals surface area contributed by atoms with Gasteiger partial charge < -0.3 is 0 Å². The van der Waals surface area contributed by atoms with Crippen LogP contribution >= 0.6 is 22.7 Å². The fraction of sp³-hybridized carbons (Fsp3) is 0. The highest BCUT2D eigenvalue weighted by atomic mass is 32.3. The molecule has 0 spiro atoms. The van der Waals surface area contributed by atoms with Crippen LogP contribution in [-0.4, -0.2) is 16.8 Å². The Morgan fingerprint density at radius 3 is 1.65 bits per heavy atom. The second-order valence-corrected chi connectivity index (χ2v) is 13.3. The van der Waals surface area contributed by atoms with Crippen LogP contribution in [0.5, 0.6) is 0 Å². The van der Waals surface area contributed by atoms with E-state index >= 15 is 0 Å². The third-order valence-corrected chi connectivity index (χ3v) is 10.9. The second-order valence-electron chi connectivity index (χ2n) is 7.29. The Hall–Kier alpha value is -3.43. The first kappa shape index (κ1) is 22.4. The molecule has 2 heterocycles. The Balaban J connectivity index is 1.52. The fourth-order valence-electron chi connectivity index (χ4n) is 3.36. The van der Waals surface area contributed by atoms with Crippen molar-refractivity contribution in [3.63, 3.8) is 0 Å². The van der Waals surface area contributed by atoms with E-state index in [9.17, 15) is 22.1 Å². The predicted octanol–water partition coefficient (Wildman–Crippen LogP) is 5.59. The summed E-state index contributed by atoms with van der Waals surface area (Å²) in [7, 11) is -8.04. The van der Waals surface area contributed by atoms with E-state index in [1.54, 1.807) is 12.1 Å². The number of hydrogen-bond donors (Lipinski definition) is 2. The average Bonchev–Trinajstić information content (AvgIpc) is 3.45. The lowest BCUT2D eigenvalue weighted by Crippen LogP contribution is -2.16. The topological polar surface area (TPSA) is 116 Å². The number of nitrogens with zero attached hydrogens (tertiary/aromatic N) is 1. The molecule has 11 heteroatoms. The standard InChI is InChI=1S/C23H15N3O4S4/c24-14-15-9-10-18(25-33(27,28)22-12-16-5-1-3-7-20(16)31-22)19(11-15)26-34(29,30)23-13-17-6-2-4-8-21(17)32-23/h1-13,25-26H. The van der Waals surface area contributed by atoms with Crippen LogP contribution < -0.4 is 9.44 Å². The second kappa shape index (κ2) is 8.41. The summed E-state index contributed by atoms with van der Waals surface area (Å²) < 4.78 is 59.1. The van der Waals surface area contributed by atoms with Crippen molar-refractivity contribution in [3.05, 3.63) is 84.4 Å². The molecule has 0 saturated carbocycles. The van der Waals surface area contributed by atoms with Crippen LogP contribution in [0.15, 0.2) is 87.3 Å². The van der Waals surface area contributed by atoms with E-state index in [2.05, 4.69) is 9.44 Å². The van der Waals surface area contributed by atoms with E-state index in [1.165, 1.54) is 18.2 Å². The lowest BCUT2D eigenvalue weighted by Gasteiger charge is -2.14. The molecule has 0 unspecified atom stereocenters. The van der Waals surface area contributed by atoms with Crippen molar-refractivity contribution in [1.29, 1.82) is 5.26 Å². The molecule has 5 rings (SSSR count). The molecule has 0 fully saturated rings. The molecule has 3 aromatic carbocycles. The first-order valence-electron chi connectivity index (χ1n) is 9.82. The van der Waals surface area contributed by atoms with Gasteiger partial charge >= 0.3 is 0 Å². The fourth-order valence-corrected chi connectivity index (χ4v) is 8.30. The van der Waals surface area contributed by atoms with Crippen molar-refractivity contribution >= 4 is 74.3 Å². The van der Waals surface area contributed by atoms with Crippen molar-refractivity contribution in [2.24, 2.45) is 0 Å². The van der Waals surface area contributed by atoms with Crippen LogP contribution in [-0.2, 0) is 20.0 Å². The van der Waals surface area contributed by atoms with Gasteiger partial charge in [0.25, 0.3) is 20.0 Å². The first-order valence-corrected chi connectivity index (χ1v) is 14.4. The van der Waals surface area contributed by atoms with Crippen molar-refractivity contribution in [1.82, 2.24) is 0 Å². The van der Waals surface area contributed by atoms with E-state index in [-0.39, 0.29) is 25.4 Å². The maximum atomic E-state index is 13.1. The van der Waals surface area contributed by atoms with Gasteiger partial charge in [0, 0.05) is 9.40 Å². The minimum atomic E-state index is -4.04. The molecule has 7 nitrogen and oxygen atoms in total. The predicted molar refractivity (Wildman–Crippen MR) is 136 cm³/mol. The Bertz CT molecular complexity index is 1750. The molecule has 0 radical (unpaired) electrons. The lowest BCUT2D eigenvalue weighted by atomic mass is 10.2. The maximum Gasteiger partial charge on any atom is 0.271 e. The molecule has 2 aromatic heterocycles. The number of hydrogen-bond acceptors (Lipinski definition) is 7. The number of sulfonamides is 2. The van der Waals surface area contributed by atoms with E-state index in [4.69, 9.17) is 0 Å². The molecule has 0 bridgehead atoms. The van der Waals surface area contributed by atoms with Crippen LogP contribution in [0.3, 0.4) is 0 Å². The molecule has 0 aliphatic heterocycles. The lowest BCUT2D eigenvalue weighted by molar-refractivity contribution is 0.601. The number of nitrogens with one attached hydrogen (secondary N) is 2. The summed E-state index contributed by atoms with van der Waals surface area (Å²) in [6, 6.07) is 23.7. The van der Waals surface area contributed by atoms with E-state index in [0.717, 1.165) is 42.8 Å². The van der Waals surface area contributed by atoms with Gasteiger partial charge in [-0.25, -0.2) is 16.8 Å². The number of thiophene rings is 2. The number of anilines is 2. The van der Waals surface area contributed by atoms with Gasteiger partial charge in [-0.2, -0.15) is 5.26 Å². The van der Waals surface area contributed by atoms with Crippen LogP contribution in [0.25, 0.3) is 20.2 Å². The Morgan fingerprint density at radius 2 is 1.15 bits per heavy atom. The van der Waals surface area contributed by atoms with Crippen LogP contribution in [0.1, 0.15) is 5.56 Å². The highest BCUT2D eigenvalue weighted by Gasteiger charge is 2.23. The molecular weight excluding hydrogens is 511 g/mol. The zero-order chi connectivity index (χ0) is 23.9. The highest BCUT2D eigenvalue weighted by molar-refractivity contribution is 7.95. The van der Waals surface area contributed by atoms with Gasteiger partial charge in [-0.1, -0.05) is 36.4 Å². The normalized spacial score (nSPS) is 12.0. The van der Waals surface area contributed by atoms with E-state index < -0.39 is 20.0 Å². The molecule has 0 aliphatic carbocycles. The number of rotatable bonds is 6. The van der Waals surface area contributed by atoms with Crippen molar-refractivity contribution in [3.8, 4) is 6.07 Å². The Labute approximate surface area is 204 Å². The Morgan fingerprint density at radius 1 is 0.647 bits per heavy atom. The zero-order valence-electron chi connectivity index (χ0n) is 17.2. The molecule has 0 saturated heterocycles. The van der Waals surface area contributed by atoms with E-state index in [1.807, 2.05) is 54.6 Å². The van der Waals surface area contributed by atoms with Gasteiger partial charge in [0.1, 0.15) is 8.42 Å². The van der Waals surface area contributed by atoms with Crippen LogP contribution in [0, 0.1) is 11.3 Å². The van der Waals surface area contributed by atoms with Gasteiger partial charge in [0.15, 0.2) is 0 Å². The molecule has 0 amide bonds. The smallest absolute Gasteiger partial charge is 0.271 e. The van der Waals surface area contributed by atoms with Gasteiger partial charge in [0.05, 0.1) is 23.0 Å². The first-order chi connectivity index (χ1) is 16.2. The molecule has 34 heavy (non-hydrogen) atoms. The summed E-state index contributed by atoms with van der Waals surface area (Å²) in [5.74, 6) is 0. The third kappa shape index (κ3) is 4.24. The van der Waals surface area contributed by atoms with Crippen molar-refractivity contribution < 1.29 is 16.8 Å². The van der Waals surface area contributed by atoms with Crippen LogP contribution in [0.2, 0.25) is 0 Å². The van der Waals surface area contributed by atoms with Crippen molar-refractivity contribution in [2.45, 2.75) is 8.42 Å². The maximum absolute atomic E-state index is 13.1. The highest BCUT2D eigenvalue weighted by Crippen LogP contribution is 2.34. The average molecular weight is 526 g/mol. The van der Waals surface area contributed by atoms with Gasteiger partial charge in [0.2, 0.25) is 0 Å². The minimum Gasteiger partial charge on any atom is -0.277 e. The minimum absolute atomic E-state index is 0.0149. The van der Waals surface area contributed by atoms with Crippen LogP contribution in [0.4, 0.5) is 11.4 Å².